The number of hydrogen-bond donors (Lipinski definition) is 1. The van der Waals surface area contributed by atoms with Crippen molar-refractivity contribution in [2.45, 2.75) is 6.54 Å². The Morgan fingerprint density at radius 3 is 2.64 bits per heavy atom. The maximum absolute atomic E-state index is 11.0. The number of hydrogen-bond acceptors (Lipinski definition) is 3. The van der Waals surface area contributed by atoms with Crippen molar-refractivity contribution in [3.05, 3.63) is 72.2 Å². The van der Waals surface area contributed by atoms with E-state index in [4.69, 9.17) is 5.11 Å². The molecule has 0 aliphatic heterocycles. The van der Waals surface area contributed by atoms with Crippen molar-refractivity contribution in [3.63, 3.8) is 0 Å². The van der Waals surface area contributed by atoms with E-state index in [1.165, 1.54) is 6.20 Å². The average Bonchev–Trinajstić information content (AvgIpc) is 2.96. The number of carboxylic acids is 1. The topological polar surface area (TPSA) is 68.0 Å². The number of carboxylic acid groups (broad SMARTS) is 1. The van der Waals surface area contributed by atoms with Gasteiger partial charge in [0.05, 0.1) is 17.8 Å². The third kappa shape index (κ3) is 3.32. The highest BCUT2D eigenvalue weighted by Gasteiger charge is 2.10. The molecule has 0 aliphatic rings. The van der Waals surface area contributed by atoms with Crippen LogP contribution in [0.1, 0.15) is 15.9 Å². The molecule has 0 saturated heterocycles. The Kier molecular flexibility index (Phi) is 4.91. The molecule has 6 heteroatoms. The molecule has 0 bridgehead atoms. The van der Waals surface area contributed by atoms with Crippen LogP contribution in [0.4, 0.5) is 0 Å². The number of rotatable bonds is 4. The van der Waals surface area contributed by atoms with Crippen molar-refractivity contribution in [1.29, 1.82) is 0 Å². The Labute approximate surface area is 133 Å². The first-order chi connectivity index (χ1) is 10.2. The number of nitrogens with zero attached hydrogens (tertiary/aromatic N) is 3. The van der Waals surface area contributed by atoms with Crippen LogP contribution in [0, 0.1) is 0 Å². The van der Waals surface area contributed by atoms with Crippen molar-refractivity contribution in [1.82, 2.24) is 14.8 Å². The summed E-state index contributed by atoms with van der Waals surface area (Å²) in [5.41, 5.74) is 2.88. The zero-order chi connectivity index (χ0) is 14.7. The fourth-order valence-electron chi connectivity index (χ4n) is 2.16. The maximum atomic E-state index is 11.0. The predicted octanol–water partition coefficient (Wildman–Crippen LogP) is 3.11. The van der Waals surface area contributed by atoms with Crippen molar-refractivity contribution in [2.75, 3.05) is 0 Å². The highest BCUT2D eigenvalue weighted by Crippen LogP contribution is 2.20. The summed E-state index contributed by atoms with van der Waals surface area (Å²) in [7, 11) is 0. The molecule has 0 radical (unpaired) electrons. The lowest BCUT2D eigenvalue weighted by molar-refractivity contribution is 0.0696. The molecule has 0 saturated carbocycles. The van der Waals surface area contributed by atoms with Gasteiger partial charge in [0, 0.05) is 24.2 Å². The fourth-order valence-corrected chi connectivity index (χ4v) is 2.16. The molecular formula is C16H14ClN3O2. The van der Waals surface area contributed by atoms with Crippen molar-refractivity contribution >= 4 is 18.4 Å². The van der Waals surface area contributed by atoms with E-state index >= 15 is 0 Å². The van der Waals surface area contributed by atoms with Crippen LogP contribution in [0.5, 0.6) is 0 Å². The zero-order valence-electron chi connectivity index (χ0n) is 11.6. The van der Waals surface area contributed by atoms with Crippen LogP contribution in [0.2, 0.25) is 0 Å². The van der Waals surface area contributed by atoms with Gasteiger partial charge >= 0.3 is 5.97 Å². The van der Waals surface area contributed by atoms with Gasteiger partial charge in [-0.2, -0.15) is 5.10 Å². The third-order valence-electron chi connectivity index (χ3n) is 3.17. The van der Waals surface area contributed by atoms with E-state index in [2.05, 4.69) is 10.1 Å². The molecule has 0 aliphatic carbocycles. The summed E-state index contributed by atoms with van der Waals surface area (Å²) in [6, 6.07) is 13.4. The second-order valence-corrected chi connectivity index (χ2v) is 4.63. The van der Waals surface area contributed by atoms with Gasteiger partial charge in [-0.1, -0.05) is 30.3 Å². The lowest BCUT2D eigenvalue weighted by Gasteiger charge is -2.08. The highest BCUT2D eigenvalue weighted by atomic mass is 35.5. The molecule has 3 rings (SSSR count). The van der Waals surface area contributed by atoms with E-state index in [-0.39, 0.29) is 18.0 Å². The smallest absolute Gasteiger partial charge is 0.337 e. The minimum Gasteiger partial charge on any atom is -0.478 e. The van der Waals surface area contributed by atoms with Crippen LogP contribution in [0.3, 0.4) is 0 Å². The molecule has 2 heterocycles. The molecule has 0 fully saturated rings. The van der Waals surface area contributed by atoms with Gasteiger partial charge in [-0.3, -0.25) is 9.67 Å². The molecule has 5 nitrogen and oxygen atoms in total. The first-order valence-electron chi connectivity index (χ1n) is 6.48. The molecule has 0 spiro atoms. The van der Waals surface area contributed by atoms with E-state index in [0.717, 1.165) is 16.8 Å². The number of aromatic carboxylic acids is 1. The number of benzene rings is 1. The summed E-state index contributed by atoms with van der Waals surface area (Å²) < 4.78 is 1.83. The monoisotopic (exact) mass is 315 g/mol. The number of halogens is 1. The average molecular weight is 316 g/mol. The normalized spacial score (nSPS) is 10.0. The van der Waals surface area contributed by atoms with E-state index in [1.54, 1.807) is 18.5 Å². The van der Waals surface area contributed by atoms with Crippen LogP contribution in [0.25, 0.3) is 11.3 Å². The van der Waals surface area contributed by atoms with Crippen molar-refractivity contribution in [3.8, 4) is 11.3 Å². The van der Waals surface area contributed by atoms with E-state index in [0.29, 0.717) is 6.54 Å². The largest absolute Gasteiger partial charge is 0.478 e. The van der Waals surface area contributed by atoms with Crippen LogP contribution in [-0.2, 0) is 6.54 Å². The molecule has 3 aromatic rings. The summed E-state index contributed by atoms with van der Waals surface area (Å²) in [4.78, 5) is 15.0. The molecule has 112 valence electrons. The van der Waals surface area contributed by atoms with Gasteiger partial charge in [0.1, 0.15) is 0 Å². The summed E-state index contributed by atoms with van der Waals surface area (Å²) in [5.74, 6) is -0.988. The van der Waals surface area contributed by atoms with Crippen molar-refractivity contribution in [2.24, 2.45) is 0 Å². The molecule has 1 N–H and O–H groups in total. The van der Waals surface area contributed by atoms with Gasteiger partial charge in [-0.05, 0) is 17.7 Å². The molecule has 2 aromatic heterocycles. The van der Waals surface area contributed by atoms with E-state index < -0.39 is 5.97 Å². The summed E-state index contributed by atoms with van der Waals surface area (Å²) in [6.07, 6.45) is 4.68. The molecule has 1 aromatic carbocycles. The van der Waals surface area contributed by atoms with Crippen molar-refractivity contribution < 1.29 is 9.90 Å². The van der Waals surface area contributed by atoms with Gasteiger partial charge in [0.15, 0.2) is 0 Å². The van der Waals surface area contributed by atoms with Gasteiger partial charge < -0.3 is 5.11 Å². The summed E-state index contributed by atoms with van der Waals surface area (Å²) in [6.45, 7) is 0.625. The first-order valence-corrected chi connectivity index (χ1v) is 6.48. The molecular weight excluding hydrogens is 302 g/mol. The van der Waals surface area contributed by atoms with E-state index in [1.807, 2.05) is 41.1 Å². The molecule has 0 amide bonds. The quantitative estimate of drug-likeness (QED) is 0.803. The molecule has 22 heavy (non-hydrogen) atoms. The Morgan fingerprint density at radius 1 is 1.14 bits per heavy atom. The fraction of sp³-hybridized carbons (Fsp3) is 0.0625. The molecule has 0 unspecified atom stereocenters. The maximum Gasteiger partial charge on any atom is 0.337 e. The predicted molar refractivity (Wildman–Crippen MR) is 85.2 cm³/mol. The first kappa shape index (κ1) is 15.7. The number of aromatic nitrogens is 3. The highest BCUT2D eigenvalue weighted by molar-refractivity contribution is 5.88. The number of carbonyl (C=O) groups is 1. The Bertz CT molecular complexity index is 772. The molecule has 0 atom stereocenters. The zero-order valence-corrected chi connectivity index (χ0v) is 12.4. The second-order valence-electron chi connectivity index (χ2n) is 4.63. The standard InChI is InChI=1S/C16H13N3O2.ClH/c20-16(21)14-8-13(9-17-10-14)15-6-7-18-19(15)11-12-4-2-1-3-5-12;/h1-10H,11H2,(H,20,21);1H. The van der Waals surface area contributed by atoms with Gasteiger partial charge in [0.2, 0.25) is 0 Å². The second kappa shape index (κ2) is 6.87. The Balaban J connectivity index is 0.00000176. The lowest BCUT2D eigenvalue weighted by atomic mass is 10.1. The van der Waals surface area contributed by atoms with Gasteiger partial charge in [-0.15, -0.1) is 12.4 Å². The minimum absolute atomic E-state index is 0. The van der Waals surface area contributed by atoms with Gasteiger partial charge in [-0.25, -0.2) is 4.79 Å². The van der Waals surface area contributed by atoms with E-state index in [9.17, 15) is 4.79 Å². The minimum atomic E-state index is -0.988. The van der Waals surface area contributed by atoms with Gasteiger partial charge in [0.25, 0.3) is 0 Å². The summed E-state index contributed by atoms with van der Waals surface area (Å²) >= 11 is 0. The van der Waals surface area contributed by atoms with Crippen LogP contribution < -0.4 is 0 Å². The van der Waals surface area contributed by atoms with Crippen LogP contribution in [0.15, 0.2) is 61.1 Å². The SMILES string of the molecule is Cl.O=C(O)c1cncc(-c2ccnn2Cc2ccccc2)c1. The third-order valence-corrected chi connectivity index (χ3v) is 3.17. The summed E-state index contributed by atoms with van der Waals surface area (Å²) in [5, 5.41) is 13.4. The van der Waals surface area contributed by atoms with Crippen LogP contribution >= 0.6 is 12.4 Å². The van der Waals surface area contributed by atoms with Crippen LogP contribution in [-0.4, -0.2) is 25.8 Å². The number of pyridine rings is 1. The lowest BCUT2D eigenvalue weighted by Crippen LogP contribution is -2.04. The Hall–Kier alpha value is -2.66. The Morgan fingerprint density at radius 2 is 1.91 bits per heavy atom.